The highest BCUT2D eigenvalue weighted by Crippen LogP contribution is 2.16. The Kier molecular flexibility index (Phi) is 5.31. The maximum atomic E-state index is 13.1. The third-order valence-electron chi connectivity index (χ3n) is 4.97. The second kappa shape index (κ2) is 8.23. The van der Waals surface area contributed by atoms with Gasteiger partial charge in [0.05, 0.1) is 12.7 Å². The molecule has 2 amide bonds. The normalized spacial score (nSPS) is 11.9. The van der Waals surface area contributed by atoms with E-state index >= 15 is 0 Å². The fourth-order valence-corrected chi connectivity index (χ4v) is 3.47. The van der Waals surface area contributed by atoms with E-state index in [1.807, 2.05) is 30.3 Å². The predicted molar refractivity (Wildman–Crippen MR) is 113 cm³/mol. The summed E-state index contributed by atoms with van der Waals surface area (Å²) in [5.74, 6) is -1.50. The zero-order chi connectivity index (χ0) is 22.0. The number of para-hydroxylation sites is 1. The average Bonchev–Trinajstić information content (AvgIpc) is 3.37. The van der Waals surface area contributed by atoms with Crippen molar-refractivity contribution in [3.63, 3.8) is 0 Å². The van der Waals surface area contributed by atoms with E-state index in [4.69, 9.17) is 5.73 Å². The number of carbonyl (C=O) groups excluding carboxylic acids is 3. The first-order chi connectivity index (χ1) is 15.0. The van der Waals surface area contributed by atoms with E-state index in [0.29, 0.717) is 11.6 Å². The molecule has 4 aromatic rings. The largest absolute Gasteiger partial charge is 0.363 e. The molecule has 0 fully saturated rings. The van der Waals surface area contributed by atoms with Crippen molar-refractivity contribution in [3.8, 4) is 5.82 Å². The molecule has 0 radical (unpaired) electrons. The number of hydrogen-bond acceptors (Lipinski definition) is 5. The molecule has 9 heteroatoms. The number of benzene rings is 1. The molecular formula is C22H20N6O3. The first-order valence-corrected chi connectivity index (χ1v) is 9.60. The van der Waals surface area contributed by atoms with Crippen LogP contribution in [0.1, 0.15) is 16.3 Å². The lowest BCUT2D eigenvalue weighted by molar-refractivity contribution is -0.137. The Bertz CT molecular complexity index is 1270. The lowest BCUT2D eigenvalue weighted by Crippen LogP contribution is -2.48. The van der Waals surface area contributed by atoms with E-state index < -0.39 is 23.6 Å². The van der Waals surface area contributed by atoms with Gasteiger partial charge in [-0.25, -0.2) is 9.97 Å². The summed E-state index contributed by atoms with van der Waals surface area (Å²) in [5.41, 5.74) is 6.30. The zero-order valence-corrected chi connectivity index (χ0v) is 16.7. The van der Waals surface area contributed by atoms with Crippen LogP contribution in [0.2, 0.25) is 0 Å². The molecule has 4 rings (SSSR count). The number of carbonyl (C=O) groups is 3. The van der Waals surface area contributed by atoms with E-state index in [1.165, 1.54) is 6.20 Å². The van der Waals surface area contributed by atoms with Crippen LogP contribution in [0.25, 0.3) is 16.7 Å². The maximum Gasteiger partial charge on any atom is 0.287 e. The number of ketones is 1. The summed E-state index contributed by atoms with van der Waals surface area (Å²) in [6.07, 6.45) is 4.80. The molecule has 156 valence electrons. The lowest BCUT2D eigenvalue weighted by Gasteiger charge is -2.18. The highest BCUT2D eigenvalue weighted by molar-refractivity contribution is 6.38. The maximum absolute atomic E-state index is 13.1. The number of primary amides is 1. The Hall–Kier alpha value is -4.27. The second-order valence-corrected chi connectivity index (χ2v) is 7.00. The number of nitrogens with two attached hydrogens (primary N) is 1. The number of rotatable bonds is 7. The Morgan fingerprint density at radius 2 is 1.84 bits per heavy atom. The van der Waals surface area contributed by atoms with Crippen LogP contribution >= 0.6 is 0 Å². The van der Waals surface area contributed by atoms with Crippen LogP contribution in [0.15, 0.2) is 67.1 Å². The fourth-order valence-electron chi connectivity index (χ4n) is 3.47. The minimum atomic E-state index is -1.15. The molecule has 9 nitrogen and oxygen atoms in total. The monoisotopic (exact) mass is 416 g/mol. The molecular weight excluding hydrogens is 396 g/mol. The summed E-state index contributed by atoms with van der Waals surface area (Å²) in [7, 11) is 0. The number of aryl methyl sites for hydroxylation is 1. The van der Waals surface area contributed by atoms with Gasteiger partial charge in [-0.2, -0.15) is 0 Å². The van der Waals surface area contributed by atoms with Crippen LogP contribution in [0.4, 0.5) is 0 Å². The number of aromatic nitrogens is 4. The van der Waals surface area contributed by atoms with Gasteiger partial charge in [0, 0.05) is 17.9 Å². The lowest BCUT2D eigenvalue weighted by atomic mass is 10.1. The highest BCUT2D eigenvalue weighted by Gasteiger charge is 2.28. The third kappa shape index (κ3) is 3.93. The van der Waals surface area contributed by atoms with E-state index in [0.717, 1.165) is 10.9 Å². The predicted octanol–water partition coefficient (Wildman–Crippen LogP) is 1.38. The van der Waals surface area contributed by atoms with Gasteiger partial charge in [0.2, 0.25) is 5.78 Å². The molecule has 3 aromatic heterocycles. The fraction of sp³-hybridized carbons (Fsp3) is 0.136. The van der Waals surface area contributed by atoms with Gasteiger partial charge >= 0.3 is 0 Å². The Morgan fingerprint density at radius 1 is 1.06 bits per heavy atom. The molecule has 3 heterocycles. The quantitative estimate of drug-likeness (QED) is 0.441. The number of fused-ring (bicyclic) bond motifs is 1. The molecule has 1 atom stereocenters. The van der Waals surface area contributed by atoms with Gasteiger partial charge in [-0.15, -0.1) is 0 Å². The molecule has 0 bridgehead atoms. The summed E-state index contributed by atoms with van der Waals surface area (Å²) in [6.45, 7) is 1.79. The Labute approximate surface area is 177 Å². The van der Waals surface area contributed by atoms with Crippen LogP contribution in [-0.2, 0) is 16.1 Å². The van der Waals surface area contributed by atoms with Gasteiger partial charge in [0.25, 0.3) is 11.8 Å². The van der Waals surface area contributed by atoms with Crippen molar-refractivity contribution in [2.24, 2.45) is 5.73 Å². The Morgan fingerprint density at radius 3 is 2.58 bits per heavy atom. The average molecular weight is 416 g/mol. The first kappa shape index (κ1) is 20.0. The number of hydrogen-bond donors (Lipinski definition) is 2. The summed E-state index contributed by atoms with van der Waals surface area (Å²) in [6, 6.07) is 13.6. The van der Waals surface area contributed by atoms with Gasteiger partial charge in [-0.1, -0.05) is 24.3 Å². The number of imidazole rings is 1. The number of amides is 2. The Balaban J connectivity index is 1.65. The van der Waals surface area contributed by atoms with Gasteiger partial charge < -0.3 is 15.6 Å². The molecule has 31 heavy (non-hydrogen) atoms. The second-order valence-electron chi connectivity index (χ2n) is 7.00. The number of nitrogens with zero attached hydrogens (tertiary/aromatic N) is 4. The van der Waals surface area contributed by atoms with Crippen molar-refractivity contribution in [2.75, 3.05) is 0 Å². The SMILES string of the molecule is Cc1ncc(C(=O)NC(Cn2ccc3ccccc32)C(=O)C(N)=O)n1-c1ccccn1. The van der Waals surface area contributed by atoms with E-state index in [-0.39, 0.29) is 12.2 Å². The molecule has 1 unspecified atom stereocenters. The minimum absolute atomic E-state index is 0.0533. The van der Waals surface area contributed by atoms with Gasteiger partial charge in [0.15, 0.2) is 0 Å². The van der Waals surface area contributed by atoms with Crippen LogP contribution in [0.3, 0.4) is 0 Å². The zero-order valence-electron chi connectivity index (χ0n) is 16.7. The van der Waals surface area contributed by atoms with Crippen LogP contribution in [-0.4, -0.2) is 42.7 Å². The summed E-state index contributed by atoms with van der Waals surface area (Å²) in [4.78, 5) is 45.6. The van der Waals surface area contributed by atoms with Crippen LogP contribution < -0.4 is 11.1 Å². The number of nitrogens with one attached hydrogen (secondary N) is 1. The van der Waals surface area contributed by atoms with Gasteiger partial charge in [-0.05, 0) is 36.6 Å². The smallest absolute Gasteiger partial charge is 0.287 e. The van der Waals surface area contributed by atoms with Gasteiger partial charge in [0.1, 0.15) is 23.4 Å². The molecule has 0 aliphatic heterocycles. The van der Waals surface area contributed by atoms with Crippen molar-refractivity contribution in [2.45, 2.75) is 19.5 Å². The van der Waals surface area contributed by atoms with Gasteiger partial charge in [-0.3, -0.25) is 19.0 Å². The van der Waals surface area contributed by atoms with Crippen molar-refractivity contribution in [1.82, 2.24) is 24.4 Å². The van der Waals surface area contributed by atoms with Crippen molar-refractivity contribution >= 4 is 28.5 Å². The number of pyridine rings is 1. The first-order valence-electron chi connectivity index (χ1n) is 9.60. The molecule has 1 aromatic carbocycles. The molecule has 0 saturated heterocycles. The summed E-state index contributed by atoms with van der Waals surface area (Å²) < 4.78 is 3.37. The molecule has 0 saturated carbocycles. The number of Topliss-reactive ketones (excluding diaryl/α,β-unsaturated/α-hetero) is 1. The van der Waals surface area contributed by atoms with E-state index in [2.05, 4.69) is 15.3 Å². The molecule has 0 aliphatic carbocycles. The van der Waals surface area contributed by atoms with E-state index in [1.54, 1.807) is 46.7 Å². The topological polar surface area (TPSA) is 125 Å². The van der Waals surface area contributed by atoms with E-state index in [9.17, 15) is 14.4 Å². The molecule has 3 N–H and O–H groups in total. The summed E-state index contributed by atoms with van der Waals surface area (Å²) >= 11 is 0. The summed E-state index contributed by atoms with van der Waals surface area (Å²) in [5, 5.41) is 3.62. The van der Waals surface area contributed by atoms with Crippen molar-refractivity contribution in [3.05, 3.63) is 78.6 Å². The minimum Gasteiger partial charge on any atom is -0.363 e. The third-order valence-corrected chi connectivity index (χ3v) is 4.97. The van der Waals surface area contributed by atoms with Crippen LogP contribution in [0, 0.1) is 6.92 Å². The van der Waals surface area contributed by atoms with Crippen molar-refractivity contribution in [1.29, 1.82) is 0 Å². The molecule has 0 aliphatic rings. The highest BCUT2D eigenvalue weighted by atomic mass is 16.2. The van der Waals surface area contributed by atoms with Crippen molar-refractivity contribution < 1.29 is 14.4 Å². The van der Waals surface area contributed by atoms with Crippen LogP contribution in [0.5, 0.6) is 0 Å². The molecule has 0 spiro atoms. The standard InChI is InChI=1S/C22H20N6O3/c1-14-25-12-18(28(14)19-8-4-5-10-24-19)22(31)26-16(20(29)21(23)30)13-27-11-9-15-6-2-3-7-17(15)27/h2-12,16H,13H2,1H3,(H2,23,30)(H,26,31).